The molecule has 5 nitrogen and oxygen atoms in total. The lowest BCUT2D eigenvalue weighted by molar-refractivity contribution is 0.172. The van der Waals surface area contributed by atoms with Crippen LogP contribution in [0.25, 0.3) is 0 Å². The van der Waals surface area contributed by atoms with Gasteiger partial charge >= 0.3 is 0 Å². The summed E-state index contributed by atoms with van der Waals surface area (Å²) in [5.41, 5.74) is 0. The molecule has 6 heteroatoms. The molecule has 3 rings (SSSR count). The average molecular weight is 406 g/mol. The van der Waals surface area contributed by atoms with Crippen LogP contribution in [-0.4, -0.2) is 67.6 Å². The number of nitrogens with zero attached hydrogens (tertiary/aromatic N) is 3. The summed E-state index contributed by atoms with van der Waals surface area (Å²) in [6.45, 7) is 13.5. The van der Waals surface area contributed by atoms with Crippen LogP contribution in [0, 0.1) is 5.92 Å². The smallest absolute Gasteiger partial charge is 0.191 e. The predicted octanol–water partition coefficient (Wildman–Crippen LogP) is 3.39. The van der Waals surface area contributed by atoms with Gasteiger partial charge in [-0.3, -0.25) is 9.89 Å². The zero-order chi connectivity index (χ0) is 19.6. The summed E-state index contributed by atoms with van der Waals surface area (Å²) in [6.07, 6.45) is 6.31. The maximum atomic E-state index is 4.97. The lowest BCUT2D eigenvalue weighted by Gasteiger charge is -2.33. The molecule has 1 atom stereocenters. The van der Waals surface area contributed by atoms with Crippen LogP contribution in [0.1, 0.15) is 50.8 Å². The van der Waals surface area contributed by atoms with E-state index < -0.39 is 0 Å². The van der Waals surface area contributed by atoms with E-state index in [1.54, 1.807) is 0 Å². The summed E-state index contributed by atoms with van der Waals surface area (Å²) in [5.74, 6) is 1.70. The molecule has 2 N–H and O–H groups in total. The van der Waals surface area contributed by atoms with Gasteiger partial charge in [0.15, 0.2) is 5.96 Å². The standard InChI is InChI=1S/C22H39N5S/c1-3-11-26-13-9-20(10-14-26)25-22(23-4-2)24-16-19-7-5-12-27(17-19)18-21-8-6-15-28-21/h6,8,15,19-20H,3-5,7,9-14,16-18H2,1-2H3,(H2,23,24,25). The molecule has 2 saturated heterocycles. The molecule has 0 radical (unpaired) electrons. The number of likely N-dealkylation sites (tertiary alicyclic amines) is 2. The number of guanidine groups is 1. The number of nitrogens with one attached hydrogen (secondary N) is 2. The molecule has 0 amide bonds. The van der Waals surface area contributed by atoms with E-state index in [9.17, 15) is 0 Å². The van der Waals surface area contributed by atoms with Crippen molar-refractivity contribution in [3.63, 3.8) is 0 Å². The van der Waals surface area contributed by atoms with Crippen molar-refractivity contribution in [1.82, 2.24) is 20.4 Å². The third kappa shape index (κ3) is 7.05. The highest BCUT2D eigenvalue weighted by Gasteiger charge is 2.22. The first kappa shape index (κ1) is 21.6. The van der Waals surface area contributed by atoms with E-state index in [0.717, 1.165) is 25.6 Å². The molecular weight excluding hydrogens is 366 g/mol. The van der Waals surface area contributed by atoms with Crippen LogP contribution in [0.4, 0.5) is 0 Å². The minimum atomic E-state index is 0.563. The topological polar surface area (TPSA) is 42.9 Å². The Morgan fingerprint density at radius 3 is 2.75 bits per heavy atom. The molecule has 2 fully saturated rings. The van der Waals surface area contributed by atoms with Gasteiger partial charge in [-0.15, -0.1) is 11.3 Å². The van der Waals surface area contributed by atoms with Crippen LogP contribution in [0.5, 0.6) is 0 Å². The fourth-order valence-electron chi connectivity index (χ4n) is 4.42. The average Bonchev–Trinajstić information content (AvgIpc) is 3.21. The Labute approximate surface area is 175 Å². The summed E-state index contributed by atoms with van der Waals surface area (Å²) in [7, 11) is 0. The largest absolute Gasteiger partial charge is 0.357 e. The minimum absolute atomic E-state index is 0.563. The quantitative estimate of drug-likeness (QED) is 0.514. The van der Waals surface area contributed by atoms with E-state index >= 15 is 0 Å². The second-order valence-corrected chi connectivity index (χ2v) is 9.33. The van der Waals surface area contributed by atoms with Gasteiger partial charge < -0.3 is 15.5 Å². The van der Waals surface area contributed by atoms with E-state index in [-0.39, 0.29) is 0 Å². The van der Waals surface area contributed by atoms with Crippen LogP contribution < -0.4 is 10.6 Å². The summed E-state index contributed by atoms with van der Waals surface area (Å²) in [6, 6.07) is 4.98. The first-order valence-corrected chi connectivity index (χ1v) is 12.2. The van der Waals surface area contributed by atoms with Crippen molar-refractivity contribution in [2.45, 2.75) is 58.5 Å². The summed E-state index contributed by atoms with van der Waals surface area (Å²) in [4.78, 5) is 11.7. The lowest BCUT2D eigenvalue weighted by Crippen LogP contribution is -2.49. The molecule has 0 aromatic carbocycles. The summed E-state index contributed by atoms with van der Waals surface area (Å²) < 4.78 is 0. The van der Waals surface area contributed by atoms with Gasteiger partial charge in [0, 0.05) is 50.2 Å². The maximum Gasteiger partial charge on any atom is 0.191 e. The van der Waals surface area contributed by atoms with Crippen molar-refractivity contribution < 1.29 is 0 Å². The highest BCUT2D eigenvalue weighted by molar-refractivity contribution is 7.09. The van der Waals surface area contributed by atoms with Crippen molar-refractivity contribution in [1.29, 1.82) is 0 Å². The normalized spacial score (nSPS) is 23.1. The maximum absolute atomic E-state index is 4.97. The molecule has 1 unspecified atom stereocenters. The van der Waals surface area contributed by atoms with Gasteiger partial charge in [-0.25, -0.2) is 0 Å². The van der Waals surface area contributed by atoms with E-state index in [1.807, 2.05) is 11.3 Å². The Hall–Kier alpha value is -1.11. The van der Waals surface area contributed by atoms with Gasteiger partial charge in [0.05, 0.1) is 0 Å². The molecular formula is C22H39N5S. The van der Waals surface area contributed by atoms with Crippen LogP contribution in [0.3, 0.4) is 0 Å². The van der Waals surface area contributed by atoms with E-state index in [1.165, 1.54) is 69.7 Å². The Morgan fingerprint density at radius 1 is 1.18 bits per heavy atom. The lowest BCUT2D eigenvalue weighted by atomic mass is 9.98. The van der Waals surface area contributed by atoms with Crippen molar-refractivity contribution in [3.05, 3.63) is 22.4 Å². The molecule has 0 saturated carbocycles. The van der Waals surface area contributed by atoms with E-state index in [2.05, 4.69) is 51.8 Å². The molecule has 158 valence electrons. The fraction of sp³-hybridized carbons (Fsp3) is 0.773. The number of hydrogen-bond acceptors (Lipinski definition) is 4. The molecule has 0 bridgehead atoms. The number of aliphatic imine (C=N–C) groups is 1. The third-order valence-corrected chi connectivity index (χ3v) is 6.74. The van der Waals surface area contributed by atoms with Crippen molar-refractivity contribution >= 4 is 17.3 Å². The minimum Gasteiger partial charge on any atom is -0.357 e. The Bertz CT molecular complexity index is 565. The molecule has 0 spiro atoms. The van der Waals surface area contributed by atoms with Crippen LogP contribution >= 0.6 is 11.3 Å². The third-order valence-electron chi connectivity index (χ3n) is 5.88. The zero-order valence-corrected chi connectivity index (χ0v) is 18.6. The van der Waals surface area contributed by atoms with Gasteiger partial charge in [-0.2, -0.15) is 0 Å². The molecule has 0 aliphatic carbocycles. The van der Waals surface area contributed by atoms with Crippen molar-refractivity contribution in [2.24, 2.45) is 10.9 Å². The molecule has 2 aliphatic heterocycles. The number of piperidine rings is 2. The summed E-state index contributed by atoms with van der Waals surface area (Å²) >= 11 is 1.87. The van der Waals surface area contributed by atoms with Gasteiger partial charge in [0.2, 0.25) is 0 Å². The highest BCUT2D eigenvalue weighted by Crippen LogP contribution is 2.20. The Kier molecular flexibility index (Phi) is 9.09. The Morgan fingerprint density at radius 2 is 2.04 bits per heavy atom. The number of rotatable bonds is 8. The van der Waals surface area contributed by atoms with Crippen LogP contribution in [0.15, 0.2) is 22.5 Å². The van der Waals surface area contributed by atoms with Crippen molar-refractivity contribution in [2.75, 3.05) is 45.8 Å². The molecule has 28 heavy (non-hydrogen) atoms. The predicted molar refractivity (Wildman–Crippen MR) is 121 cm³/mol. The van der Waals surface area contributed by atoms with E-state index in [0.29, 0.717) is 12.0 Å². The molecule has 3 heterocycles. The number of thiophene rings is 1. The molecule has 1 aromatic heterocycles. The first-order valence-electron chi connectivity index (χ1n) is 11.3. The second-order valence-electron chi connectivity index (χ2n) is 8.30. The van der Waals surface area contributed by atoms with Gasteiger partial charge in [0.25, 0.3) is 0 Å². The van der Waals surface area contributed by atoms with Crippen molar-refractivity contribution in [3.8, 4) is 0 Å². The van der Waals surface area contributed by atoms with Gasteiger partial charge in [0.1, 0.15) is 0 Å². The van der Waals surface area contributed by atoms with Gasteiger partial charge in [-0.05, 0) is 69.5 Å². The Balaban J connectivity index is 1.45. The van der Waals surface area contributed by atoms with E-state index in [4.69, 9.17) is 4.99 Å². The summed E-state index contributed by atoms with van der Waals surface area (Å²) in [5, 5.41) is 9.36. The highest BCUT2D eigenvalue weighted by atomic mass is 32.1. The monoisotopic (exact) mass is 405 g/mol. The van der Waals surface area contributed by atoms with Crippen LogP contribution in [0.2, 0.25) is 0 Å². The zero-order valence-electron chi connectivity index (χ0n) is 17.8. The number of hydrogen-bond donors (Lipinski definition) is 2. The second kappa shape index (κ2) is 11.8. The molecule has 2 aliphatic rings. The first-order chi connectivity index (χ1) is 13.8. The fourth-order valence-corrected chi connectivity index (χ4v) is 5.16. The van der Waals surface area contributed by atoms with Crippen LogP contribution in [-0.2, 0) is 6.54 Å². The SMILES string of the molecule is CCCN1CCC(NC(=NCC2CCCN(Cc3cccs3)C2)NCC)CC1. The molecule has 1 aromatic rings. The van der Waals surface area contributed by atoms with Gasteiger partial charge in [-0.1, -0.05) is 13.0 Å².